The van der Waals surface area contributed by atoms with Gasteiger partial charge in [-0.15, -0.1) is 0 Å². The maximum atomic E-state index is 10.4. The third-order valence-electron chi connectivity index (χ3n) is 5.07. The number of benzene rings is 1. The van der Waals surface area contributed by atoms with Crippen molar-refractivity contribution in [3.05, 3.63) is 33.8 Å². The van der Waals surface area contributed by atoms with Crippen LogP contribution in [0.3, 0.4) is 0 Å². The molecule has 0 aliphatic carbocycles. The number of aliphatic hydroxyl groups excluding tert-OH is 1. The van der Waals surface area contributed by atoms with Crippen molar-refractivity contribution in [3.8, 4) is 0 Å². The Morgan fingerprint density at radius 3 is 2.32 bits per heavy atom. The summed E-state index contributed by atoms with van der Waals surface area (Å²) in [5.74, 6) is 0.703. The van der Waals surface area contributed by atoms with Gasteiger partial charge < -0.3 is 20.6 Å². The third-order valence-corrected chi connectivity index (χ3v) is 5.50. The van der Waals surface area contributed by atoms with Gasteiger partial charge in [0.1, 0.15) is 0 Å². The predicted molar refractivity (Wildman–Crippen MR) is 119 cm³/mol. The molecule has 2 rings (SSSR count). The van der Waals surface area contributed by atoms with Gasteiger partial charge in [-0.05, 0) is 44.2 Å². The van der Waals surface area contributed by atoms with Gasteiger partial charge >= 0.3 is 0 Å². The maximum Gasteiger partial charge on any atom is 0.191 e. The minimum atomic E-state index is -0.723. The molecule has 1 aromatic rings. The Labute approximate surface area is 178 Å². The molecule has 2 atom stereocenters. The van der Waals surface area contributed by atoms with Crippen molar-refractivity contribution in [3.63, 3.8) is 0 Å². The number of nitrogens with zero attached hydrogens (tertiary/aromatic N) is 3. The van der Waals surface area contributed by atoms with Gasteiger partial charge in [-0.2, -0.15) is 0 Å². The molecule has 158 valence electrons. The molecule has 1 aliphatic heterocycles. The molecular formula is C20H33Cl2N5O. The molecule has 1 aromatic carbocycles. The standard InChI is InChI=1S/C20H33Cl2N5O/c1-4-23-20(24-13-15(3)27-8-6-26(5-2)7-9-27)25-14-19(28)16-10-17(21)12-18(22)11-16/h10-12,15,19,28H,4-9,13-14H2,1-3H3,(H2,23,24,25). The number of hydrogen-bond acceptors (Lipinski definition) is 4. The molecule has 0 aromatic heterocycles. The number of guanidine groups is 1. The highest BCUT2D eigenvalue weighted by Gasteiger charge is 2.20. The molecule has 0 saturated carbocycles. The molecule has 1 aliphatic rings. The van der Waals surface area contributed by atoms with Crippen molar-refractivity contribution in [2.45, 2.75) is 32.9 Å². The molecule has 0 radical (unpaired) electrons. The number of halogens is 2. The van der Waals surface area contributed by atoms with Gasteiger partial charge in [-0.25, -0.2) is 0 Å². The first-order valence-corrected chi connectivity index (χ1v) is 10.8. The van der Waals surface area contributed by atoms with Crippen LogP contribution in [-0.4, -0.2) is 79.3 Å². The average molecular weight is 430 g/mol. The van der Waals surface area contributed by atoms with Gasteiger partial charge in [0.25, 0.3) is 0 Å². The van der Waals surface area contributed by atoms with Crippen molar-refractivity contribution >= 4 is 29.2 Å². The number of aliphatic imine (C=N–C) groups is 1. The van der Waals surface area contributed by atoms with E-state index < -0.39 is 6.10 Å². The smallest absolute Gasteiger partial charge is 0.191 e. The highest BCUT2D eigenvalue weighted by Crippen LogP contribution is 2.23. The normalized spacial score (nSPS) is 18.7. The second kappa shape index (κ2) is 11.8. The summed E-state index contributed by atoms with van der Waals surface area (Å²) in [4.78, 5) is 9.67. The van der Waals surface area contributed by atoms with Gasteiger partial charge in [-0.1, -0.05) is 30.1 Å². The van der Waals surface area contributed by atoms with Crippen LogP contribution in [0.5, 0.6) is 0 Å². The summed E-state index contributed by atoms with van der Waals surface area (Å²) in [6, 6.07) is 5.48. The number of aliphatic hydroxyl groups is 1. The number of hydrogen-bond donors (Lipinski definition) is 3. The van der Waals surface area contributed by atoms with Crippen molar-refractivity contribution in [1.29, 1.82) is 0 Å². The van der Waals surface area contributed by atoms with Gasteiger partial charge in [0.15, 0.2) is 5.96 Å². The molecule has 3 N–H and O–H groups in total. The van der Waals surface area contributed by atoms with Crippen LogP contribution in [0.2, 0.25) is 10.0 Å². The highest BCUT2D eigenvalue weighted by atomic mass is 35.5. The highest BCUT2D eigenvalue weighted by molar-refractivity contribution is 6.34. The molecule has 1 heterocycles. The molecule has 28 heavy (non-hydrogen) atoms. The summed E-state index contributed by atoms with van der Waals surface area (Å²) in [5, 5.41) is 17.9. The third kappa shape index (κ3) is 7.41. The second-order valence-corrected chi connectivity index (χ2v) is 8.01. The van der Waals surface area contributed by atoms with E-state index in [1.807, 2.05) is 6.92 Å². The van der Waals surface area contributed by atoms with E-state index in [1.165, 1.54) is 0 Å². The first-order chi connectivity index (χ1) is 13.4. The lowest BCUT2D eigenvalue weighted by Crippen LogP contribution is -2.50. The van der Waals surface area contributed by atoms with E-state index in [0.29, 0.717) is 40.7 Å². The number of likely N-dealkylation sites (N-methyl/N-ethyl adjacent to an activating group) is 1. The summed E-state index contributed by atoms with van der Waals surface area (Å²) in [6.07, 6.45) is -0.723. The summed E-state index contributed by atoms with van der Waals surface area (Å²) in [5.41, 5.74) is 0.683. The molecule has 6 nitrogen and oxygen atoms in total. The SMILES string of the molecule is CCNC(=NCC(C)N1CCN(CC)CC1)NCC(O)c1cc(Cl)cc(Cl)c1. The molecule has 1 saturated heterocycles. The summed E-state index contributed by atoms with van der Waals surface area (Å²) in [7, 11) is 0. The predicted octanol–water partition coefficient (Wildman–Crippen LogP) is 2.61. The van der Waals surface area contributed by atoms with Crippen molar-refractivity contribution in [1.82, 2.24) is 20.4 Å². The zero-order chi connectivity index (χ0) is 20.5. The van der Waals surface area contributed by atoms with Crippen LogP contribution >= 0.6 is 23.2 Å². The lowest BCUT2D eigenvalue weighted by Gasteiger charge is -2.37. The van der Waals surface area contributed by atoms with Crippen LogP contribution in [0.25, 0.3) is 0 Å². The zero-order valence-electron chi connectivity index (χ0n) is 17.1. The zero-order valence-corrected chi connectivity index (χ0v) is 18.6. The number of piperazine rings is 1. The van der Waals surface area contributed by atoms with E-state index in [-0.39, 0.29) is 0 Å². The van der Waals surface area contributed by atoms with Crippen molar-refractivity contribution in [2.75, 3.05) is 52.4 Å². The Kier molecular flexibility index (Phi) is 9.82. The van der Waals surface area contributed by atoms with E-state index in [9.17, 15) is 5.11 Å². The molecule has 0 amide bonds. The summed E-state index contributed by atoms with van der Waals surface area (Å²) in [6.45, 7) is 13.8. The fourth-order valence-electron chi connectivity index (χ4n) is 3.28. The number of rotatable bonds is 8. The number of nitrogens with one attached hydrogen (secondary N) is 2. The quantitative estimate of drug-likeness (QED) is 0.437. The van der Waals surface area contributed by atoms with Crippen LogP contribution in [0.1, 0.15) is 32.4 Å². The van der Waals surface area contributed by atoms with Gasteiger partial charge in [0.2, 0.25) is 0 Å². The Bertz CT molecular complexity index is 615. The van der Waals surface area contributed by atoms with Crippen LogP contribution in [0, 0.1) is 0 Å². The topological polar surface area (TPSA) is 63.1 Å². The van der Waals surface area contributed by atoms with Gasteiger partial charge in [-0.3, -0.25) is 9.89 Å². The van der Waals surface area contributed by atoms with Gasteiger partial charge in [0.05, 0.1) is 12.6 Å². The molecular weight excluding hydrogens is 397 g/mol. The second-order valence-electron chi connectivity index (χ2n) is 7.14. The van der Waals surface area contributed by atoms with E-state index in [4.69, 9.17) is 28.2 Å². The van der Waals surface area contributed by atoms with Crippen LogP contribution in [0.4, 0.5) is 0 Å². The first-order valence-electron chi connectivity index (χ1n) is 10.1. The average Bonchev–Trinajstić information content (AvgIpc) is 2.68. The Balaban J connectivity index is 1.87. The first kappa shape index (κ1) is 23.2. The Morgan fingerprint density at radius 2 is 1.75 bits per heavy atom. The lowest BCUT2D eigenvalue weighted by molar-refractivity contribution is 0.109. The molecule has 2 unspecified atom stereocenters. The largest absolute Gasteiger partial charge is 0.387 e. The fourth-order valence-corrected chi connectivity index (χ4v) is 3.82. The fraction of sp³-hybridized carbons (Fsp3) is 0.650. The lowest BCUT2D eigenvalue weighted by atomic mass is 10.1. The van der Waals surface area contributed by atoms with Crippen molar-refractivity contribution < 1.29 is 5.11 Å². The van der Waals surface area contributed by atoms with Crippen LogP contribution in [0.15, 0.2) is 23.2 Å². The van der Waals surface area contributed by atoms with E-state index in [0.717, 1.165) is 39.3 Å². The van der Waals surface area contributed by atoms with E-state index in [2.05, 4.69) is 34.3 Å². The monoisotopic (exact) mass is 429 g/mol. The van der Waals surface area contributed by atoms with E-state index in [1.54, 1.807) is 18.2 Å². The van der Waals surface area contributed by atoms with Crippen LogP contribution < -0.4 is 10.6 Å². The minimum Gasteiger partial charge on any atom is -0.387 e. The maximum absolute atomic E-state index is 10.4. The Hall–Kier alpha value is -1.05. The molecule has 0 bridgehead atoms. The van der Waals surface area contributed by atoms with E-state index >= 15 is 0 Å². The van der Waals surface area contributed by atoms with Crippen LogP contribution in [-0.2, 0) is 0 Å². The molecule has 0 spiro atoms. The summed E-state index contributed by atoms with van der Waals surface area (Å²) < 4.78 is 0. The molecule has 8 heteroatoms. The van der Waals surface area contributed by atoms with Gasteiger partial charge in [0, 0.05) is 55.4 Å². The van der Waals surface area contributed by atoms with Crippen molar-refractivity contribution in [2.24, 2.45) is 4.99 Å². The minimum absolute atomic E-state index is 0.325. The molecule has 1 fully saturated rings. The summed E-state index contributed by atoms with van der Waals surface area (Å²) >= 11 is 12.0. The Morgan fingerprint density at radius 1 is 1.11 bits per heavy atom.